The lowest BCUT2D eigenvalue weighted by molar-refractivity contribution is 0.591. The lowest BCUT2D eigenvalue weighted by Gasteiger charge is -2.04. The van der Waals surface area contributed by atoms with Gasteiger partial charge in [-0.2, -0.15) is 5.10 Å². The number of benzene rings is 2. The molecule has 0 unspecified atom stereocenters. The average molecular weight is 303 g/mol. The Balaban J connectivity index is 1.87. The maximum atomic E-state index is 14.0. The third kappa shape index (κ3) is 2.48. The first kappa shape index (κ1) is 13.6. The Kier molecular flexibility index (Phi) is 3.35. The number of rotatable bonds is 3. The molecule has 0 spiro atoms. The van der Waals surface area contributed by atoms with Crippen LogP contribution in [-0.2, 0) is 6.54 Å². The lowest BCUT2D eigenvalue weighted by Crippen LogP contribution is -2.03. The molecule has 112 valence electrons. The van der Waals surface area contributed by atoms with E-state index in [1.165, 1.54) is 6.07 Å². The summed E-state index contributed by atoms with van der Waals surface area (Å²) in [5.74, 6) is -0.216. The highest BCUT2D eigenvalue weighted by Crippen LogP contribution is 2.27. The molecule has 0 aliphatic rings. The second-order valence-corrected chi connectivity index (χ2v) is 5.33. The van der Waals surface area contributed by atoms with Gasteiger partial charge in [0.15, 0.2) is 0 Å². The van der Waals surface area contributed by atoms with E-state index < -0.39 is 0 Å². The summed E-state index contributed by atoms with van der Waals surface area (Å²) in [6.45, 7) is 0.389. The molecule has 0 atom stereocenters. The van der Waals surface area contributed by atoms with E-state index in [0.717, 1.165) is 22.3 Å². The van der Waals surface area contributed by atoms with Crippen molar-refractivity contribution in [3.05, 3.63) is 84.3 Å². The van der Waals surface area contributed by atoms with Crippen molar-refractivity contribution >= 4 is 10.9 Å². The van der Waals surface area contributed by atoms with Gasteiger partial charge in [0.2, 0.25) is 0 Å². The molecule has 4 heteroatoms. The minimum atomic E-state index is -0.216. The molecule has 0 saturated carbocycles. The van der Waals surface area contributed by atoms with Gasteiger partial charge in [0.05, 0.1) is 17.8 Å². The molecule has 0 amide bonds. The molecule has 0 radical (unpaired) electrons. The van der Waals surface area contributed by atoms with Crippen molar-refractivity contribution in [3.8, 4) is 11.4 Å². The SMILES string of the molecule is Fc1ccccc1Cn1nc(-c2ccccn2)c2ccccc21. The zero-order valence-electron chi connectivity index (χ0n) is 12.4. The Bertz CT molecular complexity index is 961. The van der Waals surface area contributed by atoms with Gasteiger partial charge >= 0.3 is 0 Å². The van der Waals surface area contributed by atoms with E-state index in [4.69, 9.17) is 0 Å². The van der Waals surface area contributed by atoms with Crippen molar-refractivity contribution in [3.63, 3.8) is 0 Å². The summed E-state index contributed by atoms with van der Waals surface area (Å²) in [6, 6.07) is 20.5. The Morgan fingerprint density at radius 2 is 1.65 bits per heavy atom. The van der Waals surface area contributed by atoms with Gasteiger partial charge < -0.3 is 0 Å². The average Bonchev–Trinajstić information content (AvgIpc) is 2.97. The van der Waals surface area contributed by atoms with Gasteiger partial charge in [-0.05, 0) is 24.3 Å². The van der Waals surface area contributed by atoms with Gasteiger partial charge in [0, 0.05) is 17.1 Å². The third-order valence-corrected chi connectivity index (χ3v) is 3.84. The first-order valence-electron chi connectivity index (χ1n) is 7.43. The minimum absolute atomic E-state index is 0.216. The van der Waals surface area contributed by atoms with Crippen LogP contribution < -0.4 is 0 Å². The summed E-state index contributed by atoms with van der Waals surface area (Å²) in [7, 11) is 0. The van der Waals surface area contributed by atoms with Gasteiger partial charge in [0.1, 0.15) is 11.5 Å². The number of para-hydroxylation sites is 1. The van der Waals surface area contributed by atoms with Crippen molar-refractivity contribution in [2.24, 2.45) is 0 Å². The Morgan fingerprint density at radius 3 is 2.48 bits per heavy atom. The fraction of sp³-hybridized carbons (Fsp3) is 0.0526. The predicted molar refractivity (Wildman–Crippen MR) is 88.5 cm³/mol. The Hall–Kier alpha value is -3.01. The van der Waals surface area contributed by atoms with Crippen LogP contribution >= 0.6 is 0 Å². The van der Waals surface area contributed by atoms with Crippen molar-refractivity contribution in [1.29, 1.82) is 0 Å². The van der Waals surface area contributed by atoms with E-state index in [-0.39, 0.29) is 5.82 Å². The van der Waals surface area contributed by atoms with E-state index >= 15 is 0 Å². The number of halogens is 1. The van der Waals surface area contributed by atoms with Crippen molar-refractivity contribution in [2.75, 3.05) is 0 Å². The van der Waals surface area contributed by atoms with Crippen LogP contribution in [0.5, 0.6) is 0 Å². The third-order valence-electron chi connectivity index (χ3n) is 3.84. The topological polar surface area (TPSA) is 30.7 Å². The first-order chi connectivity index (χ1) is 11.3. The van der Waals surface area contributed by atoms with E-state index in [1.54, 1.807) is 18.3 Å². The Morgan fingerprint density at radius 1 is 0.870 bits per heavy atom. The molecule has 2 aromatic heterocycles. The number of fused-ring (bicyclic) bond motifs is 1. The fourth-order valence-corrected chi connectivity index (χ4v) is 2.73. The molecular formula is C19H14FN3. The lowest BCUT2D eigenvalue weighted by atomic mass is 10.1. The van der Waals surface area contributed by atoms with Crippen molar-refractivity contribution < 1.29 is 4.39 Å². The highest BCUT2D eigenvalue weighted by atomic mass is 19.1. The molecule has 23 heavy (non-hydrogen) atoms. The van der Waals surface area contributed by atoms with Crippen LogP contribution in [0.15, 0.2) is 72.9 Å². The summed E-state index contributed by atoms with van der Waals surface area (Å²) in [5, 5.41) is 5.70. The second-order valence-electron chi connectivity index (χ2n) is 5.33. The van der Waals surface area contributed by atoms with Gasteiger partial charge in [0.25, 0.3) is 0 Å². The van der Waals surface area contributed by atoms with Gasteiger partial charge in [-0.25, -0.2) is 4.39 Å². The summed E-state index contributed by atoms with van der Waals surface area (Å²) in [6.07, 6.45) is 1.75. The first-order valence-corrected chi connectivity index (χ1v) is 7.43. The van der Waals surface area contributed by atoms with E-state index in [0.29, 0.717) is 12.1 Å². The summed E-state index contributed by atoms with van der Waals surface area (Å²) >= 11 is 0. The van der Waals surface area contributed by atoms with Crippen LogP contribution in [0, 0.1) is 5.82 Å². The van der Waals surface area contributed by atoms with Crippen LogP contribution in [0.1, 0.15) is 5.56 Å². The molecule has 4 aromatic rings. The monoisotopic (exact) mass is 303 g/mol. The number of hydrogen-bond donors (Lipinski definition) is 0. The molecule has 3 nitrogen and oxygen atoms in total. The fourth-order valence-electron chi connectivity index (χ4n) is 2.73. The van der Waals surface area contributed by atoms with Crippen LogP contribution in [0.2, 0.25) is 0 Å². The second kappa shape index (κ2) is 5.65. The largest absolute Gasteiger partial charge is 0.260 e. The number of nitrogens with zero attached hydrogens (tertiary/aromatic N) is 3. The number of pyridine rings is 1. The Labute approximate surface area is 133 Å². The molecule has 2 aromatic carbocycles. The molecular weight excluding hydrogens is 289 g/mol. The molecule has 0 N–H and O–H groups in total. The molecule has 0 aliphatic heterocycles. The van der Waals surface area contributed by atoms with E-state index in [9.17, 15) is 4.39 Å². The van der Waals surface area contributed by atoms with Gasteiger partial charge in [-0.1, -0.05) is 42.5 Å². The summed E-state index contributed by atoms with van der Waals surface area (Å²) < 4.78 is 15.8. The van der Waals surface area contributed by atoms with Gasteiger partial charge in [-0.15, -0.1) is 0 Å². The molecule has 2 heterocycles. The van der Waals surface area contributed by atoms with Crippen molar-refractivity contribution in [2.45, 2.75) is 6.54 Å². The maximum Gasteiger partial charge on any atom is 0.128 e. The summed E-state index contributed by atoms with van der Waals surface area (Å²) in [5.41, 5.74) is 3.22. The van der Waals surface area contributed by atoms with E-state index in [1.807, 2.05) is 53.2 Å². The van der Waals surface area contributed by atoms with E-state index in [2.05, 4.69) is 10.1 Å². The minimum Gasteiger partial charge on any atom is -0.260 e. The quantitative estimate of drug-likeness (QED) is 0.565. The van der Waals surface area contributed by atoms with Crippen molar-refractivity contribution in [1.82, 2.24) is 14.8 Å². The standard InChI is InChI=1S/C19H14FN3/c20-16-9-3-1-7-14(16)13-23-18-11-4-2-8-15(18)19(22-23)17-10-5-6-12-21-17/h1-12H,13H2. The number of aromatic nitrogens is 3. The highest BCUT2D eigenvalue weighted by molar-refractivity contribution is 5.92. The molecule has 0 saturated heterocycles. The highest BCUT2D eigenvalue weighted by Gasteiger charge is 2.13. The number of hydrogen-bond acceptors (Lipinski definition) is 2. The zero-order chi connectivity index (χ0) is 15.6. The van der Waals surface area contributed by atoms with Gasteiger partial charge in [-0.3, -0.25) is 9.67 Å². The zero-order valence-corrected chi connectivity index (χ0v) is 12.4. The smallest absolute Gasteiger partial charge is 0.128 e. The normalized spacial score (nSPS) is 11.0. The predicted octanol–water partition coefficient (Wildman–Crippen LogP) is 4.29. The molecule has 4 rings (SSSR count). The van der Waals surface area contributed by atoms with Crippen LogP contribution in [-0.4, -0.2) is 14.8 Å². The molecule has 0 aliphatic carbocycles. The van der Waals surface area contributed by atoms with Crippen LogP contribution in [0.25, 0.3) is 22.3 Å². The maximum absolute atomic E-state index is 14.0. The van der Waals surface area contributed by atoms with Crippen LogP contribution in [0.3, 0.4) is 0 Å². The van der Waals surface area contributed by atoms with Crippen LogP contribution in [0.4, 0.5) is 4.39 Å². The molecule has 0 bridgehead atoms. The summed E-state index contributed by atoms with van der Waals surface area (Å²) in [4.78, 5) is 4.39. The molecule has 0 fully saturated rings.